The standard InChI is InChI=1S/C29H22BrN5O5S/c1-18-9-13-23(14-10-18)35-28(29(37)40-33-35)41(38,39)32-21-11-15-22(16-12-21)34-26(19-5-4-6-20(30)17-19)31-25-8-3-2-7-24(25)27(34)36/h2-17,28,32-33H,1H3. The predicted molar refractivity (Wildman–Crippen MR) is 160 cm³/mol. The second-order valence-corrected chi connectivity index (χ2v) is 12.0. The molecule has 1 fully saturated rings. The molecule has 0 aliphatic carbocycles. The molecule has 12 heteroatoms. The number of hydrazine groups is 1. The van der Waals surface area contributed by atoms with E-state index in [0.29, 0.717) is 28.1 Å². The number of carbonyl (C=O) groups is 1. The molecule has 0 spiro atoms. The van der Waals surface area contributed by atoms with Gasteiger partial charge in [0.1, 0.15) is 5.82 Å². The molecule has 2 heterocycles. The first-order valence-corrected chi connectivity index (χ1v) is 14.8. The molecule has 1 unspecified atom stereocenters. The maximum Gasteiger partial charge on any atom is 0.368 e. The molecule has 0 saturated carbocycles. The van der Waals surface area contributed by atoms with Crippen LogP contribution in [0, 0.1) is 6.92 Å². The summed E-state index contributed by atoms with van der Waals surface area (Å²) in [6, 6.07) is 27.7. The number of nitrogens with one attached hydrogen (secondary N) is 2. The third-order valence-electron chi connectivity index (χ3n) is 6.53. The first kappa shape index (κ1) is 26.7. The van der Waals surface area contributed by atoms with Crippen LogP contribution in [0.25, 0.3) is 28.0 Å². The van der Waals surface area contributed by atoms with Crippen LogP contribution in [0.4, 0.5) is 11.4 Å². The van der Waals surface area contributed by atoms with E-state index in [0.717, 1.165) is 20.6 Å². The number of carbonyl (C=O) groups excluding carboxylic acids is 1. The van der Waals surface area contributed by atoms with Gasteiger partial charge in [-0.25, -0.2) is 23.2 Å². The van der Waals surface area contributed by atoms with Gasteiger partial charge in [0, 0.05) is 15.7 Å². The highest BCUT2D eigenvalue weighted by Gasteiger charge is 2.46. The van der Waals surface area contributed by atoms with Crippen molar-refractivity contribution in [2.75, 3.05) is 9.73 Å². The minimum absolute atomic E-state index is 0.197. The largest absolute Gasteiger partial charge is 0.368 e. The molecular formula is C29H22BrN5O5S. The Morgan fingerprint density at radius 1 is 0.902 bits per heavy atom. The van der Waals surface area contributed by atoms with Crippen molar-refractivity contribution < 1.29 is 18.0 Å². The number of nitrogens with zero attached hydrogens (tertiary/aromatic N) is 3. The van der Waals surface area contributed by atoms with Gasteiger partial charge >= 0.3 is 5.97 Å². The molecule has 1 aliphatic heterocycles. The Morgan fingerprint density at radius 2 is 1.61 bits per heavy atom. The molecule has 0 radical (unpaired) electrons. The van der Waals surface area contributed by atoms with Crippen LogP contribution in [0.1, 0.15) is 5.56 Å². The number of para-hydroxylation sites is 1. The lowest BCUT2D eigenvalue weighted by Gasteiger charge is -2.22. The smallest absolute Gasteiger partial charge is 0.347 e. The molecular weight excluding hydrogens is 610 g/mol. The molecule has 1 aliphatic rings. The molecule has 0 bridgehead atoms. The van der Waals surface area contributed by atoms with E-state index in [1.165, 1.54) is 16.7 Å². The van der Waals surface area contributed by atoms with Crippen LogP contribution >= 0.6 is 15.9 Å². The monoisotopic (exact) mass is 631 g/mol. The summed E-state index contributed by atoms with van der Waals surface area (Å²) in [5.74, 6) is -0.543. The van der Waals surface area contributed by atoms with E-state index in [1.54, 1.807) is 54.6 Å². The van der Waals surface area contributed by atoms with Gasteiger partial charge in [0.2, 0.25) is 0 Å². The number of sulfonamides is 1. The Balaban J connectivity index is 1.36. The zero-order valence-electron chi connectivity index (χ0n) is 21.5. The van der Waals surface area contributed by atoms with Crippen molar-refractivity contribution in [2.45, 2.75) is 12.3 Å². The molecule has 6 rings (SSSR count). The molecule has 5 aromatic rings. The molecule has 1 aromatic heterocycles. The maximum atomic E-state index is 13.7. The summed E-state index contributed by atoms with van der Waals surface area (Å²) < 4.78 is 31.4. The summed E-state index contributed by atoms with van der Waals surface area (Å²) in [6.45, 7) is 1.89. The predicted octanol–water partition coefficient (Wildman–Crippen LogP) is 4.67. The minimum Gasteiger partial charge on any atom is -0.347 e. The highest BCUT2D eigenvalue weighted by molar-refractivity contribution is 9.10. The van der Waals surface area contributed by atoms with Crippen LogP contribution in [-0.4, -0.2) is 29.3 Å². The zero-order chi connectivity index (χ0) is 28.7. The fourth-order valence-corrected chi connectivity index (χ4v) is 6.27. The van der Waals surface area contributed by atoms with E-state index < -0.39 is 21.4 Å². The number of halogens is 1. The van der Waals surface area contributed by atoms with E-state index in [1.807, 2.05) is 37.3 Å². The summed E-state index contributed by atoms with van der Waals surface area (Å²) in [6.07, 6.45) is 0. The molecule has 4 aromatic carbocycles. The quantitative estimate of drug-likeness (QED) is 0.277. The zero-order valence-corrected chi connectivity index (χ0v) is 23.9. The van der Waals surface area contributed by atoms with Crippen LogP contribution in [-0.2, 0) is 19.7 Å². The molecule has 0 amide bonds. The van der Waals surface area contributed by atoms with Crippen molar-refractivity contribution in [1.82, 2.24) is 15.1 Å². The first-order chi connectivity index (χ1) is 19.7. The average Bonchev–Trinajstić information content (AvgIpc) is 3.36. The third kappa shape index (κ3) is 5.08. The van der Waals surface area contributed by atoms with Gasteiger partial charge in [-0.15, -0.1) is 0 Å². The second kappa shape index (κ2) is 10.5. The molecule has 41 heavy (non-hydrogen) atoms. The van der Waals surface area contributed by atoms with Gasteiger partial charge in [0.05, 0.1) is 22.3 Å². The number of anilines is 2. The summed E-state index contributed by atoms with van der Waals surface area (Å²) in [5, 5.41) is -0.0805. The van der Waals surface area contributed by atoms with Crippen molar-refractivity contribution in [3.05, 3.63) is 117 Å². The lowest BCUT2D eigenvalue weighted by atomic mass is 10.1. The van der Waals surface area contributed by atoms with Crippen LogP contribution < -0.4 is 20.9 Å². The Labute approximate surface area is 243 Å². The highest BCUT2D eigenvalue weighted by Crippen LogP contribution is 2.27. The van der Waals surface area contributed by atoms with Gasteiger partial charge in [0.25, 0.3) is 21.0 Å². The van der Waals surface area contributed by atoms with E-state index in [9.17, 15) is 18.0 Å². The Bertz CT molecular complexity index is 1960. The number of aromatic nitrogens is 2. The lowest BCUT2D eigenvalue weighted by molar-refractivity contribution is -0.142. The van der Waals surface area contributed by atoms with Gasteiger partial charge in [-0.1, -0.05) is 63.5 Å². The molecule has 206 valence electrons. The van der Waals surface area contributed by atoms with Gasteiger partial charge in [-0.2, -0.15) is 0 Å². The summed E-state index contributed by atoms with van der Waals surface area (Å²) in [5.41, 5.74) is 5.48. The number of fused-ring (bicyclic) bond motifs is 1. The number of hydrogen-bond donors (Lipinski definition) is 2. The molecule has 2 N–H and O–H groups in total. The first-order valence-electron chi connectivity index (χ1n) is 12.4. The topological polar surface area (TPSA) is 123 Å². The van der Waals surface area contributed by atoms with Crippen LogP contribution in [0.5, 0.6) is 0 Å². The van der Waals surface area contributed by atoms with Crippen molar-refractivity contribution in [2.24, 2.45) is 0 Å². The van der Waals surface area contributed by atoms with E-state index in [2.05, 4.69) is 26.2 Å². The molecule has 10 nitrogen and oxygen atoms in total. The van der Waals surface area contributed by atoms with Crippen molar-refractivity contribution in [3.8, 4) is 17.1 Å². The van der Waals surface area contributed by atoms with Gasteiger partial charge in [0.15, 0.2) is 0 Å². The number of hydrogen-bond acceptors (Lipinski definition) is 8. The van der Waals surface area contributed by atoms with Gasteiger partial charge < -0.3 is 4.84 Å². The molecule has 1 atom stereocenters. The fraction of sp³-hybridized carbons (Fsp3) is 0.0690. The SMILES string of the molecule is Cc1ccc(N2NOC(=O)C2S(=O)(=O)Nc2ccc(-n3c(-c4cccc(Br)c4)nc4ccccc4c3=O)cc2)cc1. The van der Waals surface area contributed by atoms with Crippen LogP contribution in [0.2, 0.25) is 0 Å². The normalized spacial score (nSPS) is 15.2. The number of aryl methyl sites for hydroxylation is 1. The van der Waals surface area contributed by atoms with E-state index in [4.69, 9.17) is 9.82 Å². The average molecular weight is 632 g/mol. The summed E-state index contributed by atoms with van der Waals surface area (Å²) in [7, 11) is -4.29. The Morgan fingerprint density at radius 3 is 2.34 bits per heavy atom. The maximum absolute atomic E-state index is 13.7. The van der Waals surface area contributed by atoms with Crippen LogP contribution in [0.3, 0.4) is 0 Å². The Hall–Kier alpha value is -4.52. The van der Waals surface area contributed by atoms with Gasteiger partial charge in [-0.3, -0.25) is 14.1 Å². The molecule has 1 saturated heterocycles. The van der Waals surface area contributed by atoms with E-state index >= 15 is 0 Å². The third-order valence-corrected chi connectivity index (χ3v) is 8.54. The summed E-state index contributed by atoms with van der Waals surface area (Å²) in [4.78, 5) is 35.7. The van der Waals surface area contributed by atoms with Crippen molar-refractivity contribution in [1.29, 1.82) is 0 Å². The minimum atomic E-state index is -4.29. The second-order valence-electron chi connectivity index (χ2n) is 9.37. The number of rotatable bonds is 6. The fourth-order valence-electron chi connectivity index (χ4n) is 4.55. The van der Waals surface area contributed by atoms with Crippen LogP contribution in [0.15, 0.2) is 106 Å². The number of benzene rings is 4. The highest BCUT2D eigenvalue weighted by atomic mass is 79.9. The van der Waals surface area contributed by atoms with Crippen molar-refractivity contribution >= 4 is 54.2 Å². The van der Waals surface area contributed by atoms with Gasteiger partial charge in [-0.05, 0) is 67.6 Å². The lowest BCUT2D eigenvalue weighted by Crippen LogP contribution is -2.46. The van der Waals surface area contributed by atoms with Crippen molar-refractivity contribution in [3.63, 3.8) is 0 Å². The van der Waals surface area contributed by atoms with E-state index in [-0.39, 0.29) is 11.2 Å². The summed E-state index contributed by atoms with van der Waals surface area (Å²) >= 11 is 3.48. The Kier molecular flexibility index (Phi) is 6.81.